The van der Waals surface area contributed by atoms with Gasteiger partial charge in [-0.2, -0.15) is 13.2 Å². The highest BCUT2D eigenvalue weighted by Gasteiger charge is 2.37. The predicted molar refractivity (Wildman–Crippen MR) is 49.5 cm³/mol. The molecule has 3 N–H and O–H groups in total. The van der Waals surface area contributed by atoms with E-state index >= 15 is 0 Å². The van der Waals surface area contributed by atoms with Crippen molar-refractivity contribution in [3.63, 3.8) is 0 Å². The van der Waals surface area contributed by atoms with E-state index in [9.17, 15) is 18.0 Å². The molecule has 16 heavy (non-hydrogen) atoms. The van der Waals surface area contributed by atoms with E-state index < -0.39 is 17.9 Å². The molecule has 0 aliphatic carbocycles. The Morgan fingerprint density at radius 2 is 2.25 bits per heavy atom. The van der Waals surface area contributed by atoms with Crippen LogP contribution in [0.1, 0.15) is 16.1 Å². The number of carbonyl (C=O) groups excluding carboxylic acids is 1. The minimum Gasteiger partial charge on any atom is -0.366 e. The minimum absolute atomic E-state index is 0.140. The van der Waals surface area contributed by atoms with E-state index in [-0.39, 0.29) is 12.1 Å². The fourth-order valence-corrected chi connectivity index (χ4v) is 1.33. The Labute approximate surface area is 87.7 Å². The summed E-state index contributed by atoms with van der Waals surface area (Å²) < 4.78 is 38.0. The molecule has 1 aliphatic heterocycles. The second kappa shape index (κ2) is 3.26. The number of aliphatic imine (C=N–C) groups is 1. The van der Waals surface area contributed by atoms with Gasteiger partial charge in [0.05, 0.1) is 17.8 Å². The molecule has 0 unspecified atom stereocenters. The zero-order chi connectivity index (χ0) is 11.9. The van der Waals surface area contributed by atoms with Gasteiger partial charge in [0.25, 0.3) is 0 Å². The summed E-state index contributed by atoms with van der Waals surface area (Å²) >= 11 is 0. The maximum atomic E-state index is 12.3. The topological polar surface area (TPSA) is 72.4 Å². The van der Waals surface area contributed by atoms with Gasteiger partial charge in [-0.25, -0.2) is 0 Å². The molecule has 5 nitrogen and oxygen atoms in total. The summed E-state index contributed by atoms with van der Waals surface area (Å²) in [6.45, 7) is -0.144. The summed E-state index contributed by atoms with van der Waals surface area (Å²) in [7, 11) is 0. The lowest BCUT2D eigenvalue weighted by Gasteiger charge is -2.19. The third-order valence-electron chi connectivity index (χ3n) is 2.08. The van der Waals surface area contributed by atoms with Crippen LogP contribution < -0.4 is 11.2 Å². The van der Waals surface area contributed by atoms with Crippen LogP contribution >= 0.6 is 0 Å². The number of carbonyl (C=O) groups is 1. The van der Waals surface area contributed by atoms with E-state index in [1.165, 1.54) is 12.3 Å². The third-order valence-corrected chi connectivity index (χ3v) is 2.08. The maximum absolute atomic E-state index is 12.3. The SMILES string of the molecule is NC(=O)c1cc2n(c1)NC(C(F)(F)F)=NC2. The van der Waals surface area contributed by atoms with Crippen LogP contribution in [-0.2, 0) is 6.54 Å². The van der Waals surface area contributed by atoms with Gasteiger partial charge >= 0.3 is 6.18 Å². The molecule has 1 amide bonds. The van der Waals surface area contributed by atoms with Crippen molar-refractivity contribution in [2.45, 2.75) is 12.7 Å². The van der Waals surface area contributed by atoms with Gasteiger partial charge in [0, 0.05) is 6.20 Å². The first kappa shape index (κ1) is 10.5. The molecule has 0 bridgehead atoms. The highest BCUT2D eigenvalue weighted by Crippen LogP contribution is 2.21. The number of rotatable bonds is 1. The third kappa shape index (κ3) is 1.73. The fourth-order valence-electron chi connectivity index (χ4n) is 1.33. The first-order chi connectivity index (χ1) is 7.38. The predicted octanol–water partition coefficient (Wildman–Crippen LogP) is 0.605. The quantitative estimate of drug-likeness (QED) is 0.744. The molecule has 86 valence electrons. The normalized spacial score (nSPS) is 15.1. The molecular weight excluding hydrogens is 225 g/mol. The Morgan fingerprint density at radius 3 is 2.81 bits per heavy atom. The highest BCUT2D eigenvalue weighted by molar-refractivity contribution is 5.96. The number of nitrogens with two attached hydrogens (primary N) is 1. The minimum atomic E-state index is -4.53. The van der Waals surface area contributed by atoms with Crippen molar-refractivity contribution in [1.29, 1.82) is 0 Å². The number of hydrogen-bond acceptors (Lipinski definition) is 3. The van der Waals surface area contributed by atoms with Gasteiger partial charge in [0.1, 0.15) is 0 Å². The molecule has 0 saturated carbocycles. The number of hydrogen-bond donors (Lipinski definition) is 2. The van der Waals surface area contributed by atoms with Gasteiger partial charge in [-0.1, -0.05) is 0 Å². The Kier molecular flexibility index (Phi) is 2.14. The van der Waals surface area contributed by atoms with E-state index in [4.69, 9.17) is 5.73 Å². The van der Waals surface area contributed by atoms with Crippen molar-refractivity contribution in [3.8, 4) is 0 Å². The van der Waals surface area contributed by atoms with Crippen LogP contribution in [-0.4, -0.2) is 22.6 Å². The van der Waals surface area contributed by atoms with Crippen molar-refractivity contribution >= 4 is 11.7 Å². The smallest absolute Gasteiger partial charge is 0.366 e. The summed E-state index contributed by atoms with van der Waals surface area (Å²) in [6.07, 6.45) is -3.33. The zero-order valence-corrected chi connectivity index (χ0v) is 7.88. The van der Waals surface area contributed by atoms with Crippen molar-refractivity contribution in [2.24, 2.45) is 10.7 Å². The molecule has 1 aliphatic rings. The molecule has 0 saturated heterocycles. The molecule has 0 atom stereocenters. The first-order valence-corrected chi connectivity index (χ1v) is 4.27. The van der Waals surface area contributed by atoms with Crippen molar-refractivity contribution in [3.05, 3.63) is 23.5 Å². The molecule has 0 radical (unpaired) electrons. The highest BCUT2D eigenvalue weighted by atomic mass is 19.4. The Balaban J connectivity index is 2.29. The van der Waals surface area contributed by atoms with Crippen molar-refractivity contribution < 1.29 is 18.0 Å². The molecule has 0 spiro atoms. The van der Waals surface area contributed by atoms with Gasteiger partial charge in [-0.15, -0.1) is 0 Å². The number of amidine groups is 1. The number of nitrogens with one attached hydrogen (secondary N) is 1. The van der Waals surface area contributed by atoms with E-state index in [1.54, 1.807) is 0 Å². The first-order valence-electron chi connectivity index (χ1n) is 4.27. The molecular formula is C8H7F3N4O. The van der Waals surface area contributed by atoms with Crippen LogP contribution in [0.5, 0.6) is 0 Å². The van der Waals surface area contributed by atoms with Gasteiger partial charge in [0.15, 0.2) is 0 Å². The van der Waals surface area contributed by atoms with Gasteiger partial charge in [-0.05, 0) is 6.07 Å². The molecule has 1 aromatic rings. The van der Waals surface area contributed by atoms with Crippen LogP contribution in [0.2, 0.25) is 0 Å². The number of alkyl halides is 3. The van der Waals surface area contributed by atoms with Gasteiger partial charge < -0.3 is 5.73 Å². The van der Waals surface area contributed by atoms with Crippen LogP contribution in [0, 0.1) is 0 Å². The van der Waals surface area contributed by atoms with E-state index in [0.717, 1.165) is 4.68 Å². The fraction of sp³-hybridized carbons (Fsp3) is 0.250. The summed E-state index contributed by atoms with van der Waals surface area (Å²) in [5.41, 5.74) is 7.64. The van der Waals surface area contributed by atoms with Crippen LogP contribution in [0.3, 0.4) is 0 Å². The lowest BCUT2D eigenvalue weighted by atomic mass is 10.3. The molecule has 0 fully saturated rings. The molecule has 1 aromatic heterocycles. The number of amides is 1. The standard InChI is InChI=1S/C8H7F3N4O/c9-8(10,11)7-13-2-5-1-4(6(12)16)3-15(5)14-7/h1,3H,2H2,(H2,12,16)(H,13,14). The monoisotopic (exact) mass is 232 g/mol. The molecule has 2 heterocycles. The molecule has 8 heteroatoms. The van der Waals surface area contributed by atoms with Crippen molar-refractivity contribution in [2.75, 3.05) is 5.43 Å². The van der Waals surface area contributed by atoms with E-state index in [1.807, 2.05) is 5.43 Å². The van der Waals surface area contributed by atoms with Gasteiger partial charge in [0.2, 0.25) is 11.7 Å². The number of fused-ring (bicyclic) bond motifs is 1. The summed E-state index contributed by atoms with van der Waals surface area (Å²) in [5.74, 6) is -1.79. The van der Waals surface area contributed by atoms with Gasteiger partial charge in [-0.3, -0.25) is 19.9 Å². The van der Waals surface area contributed by atoms with Crippen LogP contribution in [0.4, 0.5) is 13.2 Å². The summed E-state index contributed by atoms with van der Waals surface area (Å²) in [5, 5.41) is 0. The number of primary amides is 1. The molecule has 0 aromatic carbocycles. The van der Waals surface area contributed by atoms with Crippen LogP contribution in [0.25, 0.3) is 0 Å². The number of nitrogens with zero attached hydrogens (tertiary/aromatic N) is 2. The lowest BCUT2D eigenvalue weighted by Crippen LogP contribution is -2.38. The number of halogens is 3. The van der Waals surface area contributed by atoms with Crippen LogP contribution in [0.15, 0.2) is 17.3 Å². The average Bonchev–Trinajstić information content (AvgIpc) is 2.58. The van der Waals surface area contributed by atoms with E-state index in [0.29, 0.717) is 5.69 Å². The van der Waals surface area contributed by atoms with E-state index in [2.05, 4.69) is 4.99 Å². The Hall–Kier alpha value is -1.99. The summed E-state index contributed by atoms with van der Waals surface area (Å²) in [4.78, 5) is 14.1. The Bertz CT molecular complexity index is 474. The average molecular weight is 232 g/mol. The second-order valence-electron chi connectivity index (χ2n) is 3.23. The maximum Gasteiger partial charge on any atom is 0.450 e. The Morgan fingerprint density at radius 1 is 1.56 bits per heavy atom. The number of aromatic nitrogens is 1. The second-order valence-corrected chi connectivity index (χ2v) is 3.23. The lowest BCUT2D eigenvalue weighted by molar-refractivity contribution is -0.0597. The summed E-state index contributed by atoms with van der Waals surface area (Å²) in [6, 6.07) is 1.39. The van der Waals surface area contributed by atoms with Crippen molar-refractivity contribution in [1.82, 2.24) is 4.68 Å². The molecule has 2 rings (SSSR count). The largest absolute Gasteiger partial charge is 0.450 e. The zero-order valence-electron chi connectivity index (χ0n) is 7.88.